The van der Waals surface area contributed by atoms with Crippen LogP contribution in [0.4, 0.5) is 13.2 Å². The van der Waals surface area contributed by atoms with Crippen molar-refractivity contribution in [1.82, 2.24) is 10.2 Å². The minimum atomic E-state index is -4.47. The van der Waals surface area contributed by atoms with Crippen molar-refractivity contribution in [2.24, 2.45) is 0 Å². The van der Waals surface area contributed by atoms with Gasteiger partial charge in [-0.15, -0.1) is 0 Å². The molecule has 1 amide bonds. The second kappa shape index (κ2) is 10.3. The number of amides is 1. The van der Waals surface area contributed by atoms with Crippen LogP contribution in [0, 0.1) is 0 Å². The van der Waals surface area contributed by atoms with E-state index in [9.17, 15) is 18.0 Å². The average Bonchev–Trinajstić information content (AvgIpc) is 2.74. The lowest BCUT2D eigenvalue weighted by Gasteiger charge is -2.29. The van der Waals surface area contributed by atoms with Gasteiger partial charge in [-0.05, 0) is 48.5 Å². The molecule has 0 radical (unpaired) electrons. The number of nitrogens with one attached hydrogen (secondary N) is 1. The molecule has 8 heteroatoms. The minimum absolute atomic E-state index is 0.204. The molecule has 0 aromatic heterocycles. The molecule has 0 aliphatic carbocycles. The van der Waals surface area contributed by atoms with Gasteiger partial charge in [-0.1, -0.05) is 32.0 Å². The number of carbonyl (C=O) groups is 1. The SMILES string of the molecule is CCN(CC)[C@@H](C(=O)NCc1ccc(OC)c(OC)c1)c1cccc(C(F)(F)F)c1. The summed E-state index contributed by atoms with van der Waals surface area (Å²) in [6.45, 7) is 4.97. The lowest BCUT2D eigenvalue weighted by Crippen LogP contribution is -2.40. The van der Waals surface area contributed by atoms with E-state index >= 15 is 0 Å². The zero-order chi connectivity index (χ0) is 22.3. The van der Waals surface area contributed by atoms with Crippen LogP contribution >= 0.6 is 0 Å². The highest BCUT2D eigenvalue weighted by molar-refractivity contribution is 5.83. The molecule has 0 unspecified atom stereocenters. The Balaban J connectivity index is 2.27. The van der Waals surface area contributed by atoms with Gasteiger partial charge < -0.3 is 14.8 Å². The molecule has 2 rings (SSSR count). The smallest absolute Gasteiger partial charge is 0.416 e. The number of benzene rings is 2. The van der Waals surface area contributed by atoms with Gasteiger partial charge in [0.1, 0.15) is 6.04 Å². The Morgan fingerprint density at radius 2 is 1.70 bits per heavy atom. The number of hydrogen-bond donors (Lipinski definition) is 1. The van der Waals surface area contributed by atoms with E-state index in [1.54, 1.807) is 24.3 Å². The molecule has 0 aliphatic heterocycles. The van der Waals surface area contributed by atoms with Gasteiger partial charge >= 0.3 is 6.18 Å². The molecule has 0 bridgehead atoms. The van der Waals surface area contributed by atoms with E-state index in [1.807, 2.05) is 18.7 Å². The largest absolute Gasteiger partial charge is 0.493 e. The number of carbonyl (C=O) groups excluding carboxylic acids is 1. The molecule has 164 valence electrons. The van der Waals surface area contributed by atoms with Crippen LogP contribution in [0.1, 0.15) is 36.6 Å². The number of ether oxygens (including phenoxy) is 2. The molecule has 0 fully saturated rings. The lowest BCUT2D eigenvalue weighted by molar-refractivity contribution is -0.138. The van der Waals surface area contributed by atoms with Crippen molar-refractivity contribution in [3.63, 3.8) is 0 Å². The third kappa shape index (κ3) is 5.66. The van der Waals surface area contributed by atoms with E-state index in [1.165, 1.54) is 20.3 Å². The standard InChI is InChI=1S/C22H27F3N2O3/c1-5-27(6-2)20(16-8-7-9-17(13-16)22(23,24)25)21(28)26-14-15-10-11-18(29-3)19(12-15)30-4/h7-13,20H,5-6,14H2,1-4H3,(H,26,28)/t20-/m1/s1. The van der Waals surface area contributed by atoms with Gasteiger partial charge in [-0.25, -0.2) is 0 Å². The van der Waals surface area contributed by atoms with E-state index in [-0.39, 0.29) is 12.5 Å². The highest BCUT2D eigenvalue weighted by Crippen LogP contribution is 2.32. The predicted molar refractivity (Wildman–Crippen MR) is 108 cm³/mol. The van der Waals surface area contributed by atoms with Crippen LogP contribution in [0.2, 0.25) is 0 Å². The van der Waals surface area contributed by atoms with E-state index in [0.29, 0.717) is 30.2 Å². The van der Waals surface area contributed by atoms with Crippen molar-refractivity contribution in [2.75, 3.05) is 27.3 Å². The van der Waals surface area contributed by atoms with Gasteiger partial charge in [0, 0.05) is 6.54 Å². The summed E-state index contributed by atoms with van der Waals surface area (Å²) in [4.78, 5) is 14.8. The summed E-state index contributed by atoms with van der Waals surface area (Å²) in [5.41, 5.74) is 0.312. The predicted octanol–water partition coefficient (Wildman–Crippen LogP) is 4.42. The normalized spacial score (nSPS) is 12.5. The van der Waals surface area contributed by atoms with E-state index in [2.05, 4.69) is 5.32 Å². The number of hydrogen-bond acceptors (Lipinski definition) is 4. The van der Waals surface area contributed by atoms with Gasteiger partial charge in [0.15, 0.2) is 11.5 Å². The van der Waals surface area contributed by atoms with Gasteiger partial charge in [0.05, 0.1) is 19.8 Å². The zero-order valence-corrected chi connectivity index (χ0v) is 17.5. The molecule has 0 spiro atoms. The van der Waals surface area contributed by atoms with E-state index in [4.69, 9.17) is 9.47 Å². The molecule has 0 heterocycles. The fraction of sp³-hybridized carbons (Fsp3) is 0.409. The molecule has 2 aromatic rings. The Morgan fingerprint density at radius 3 is 2.27 bits per heavy atom. The van der Waals surface area contributed by atoms with Crippen LogP contribution in [0.5, 0.6) is 11.5 Å². The number of methoxy groups -OCH3 is 2. The second-order valence-electron chi connectivity index (χ2n) is 6.65. The third-order valence-electron chi connectivity index (χ3n) is 4.87. The van der Waals surface area contributed by atoms with Crippen LogP contribution in [-0.4, -0.2) is 38.1 Å². The first-order chi connectivity index (χ1) is 14.2. The average molecular weight is 424 g/mol. The van der Waals surface area contributed by atoms with Crippen LogP contribution in [0.25, 0.3) is 0 Å². The monoisotopic (exact) mass is 424 g/mol. The van der Waals surface area contributed by atoms with Crippen molar-refractivity contribution in [2.45, 2.75) is 32.6 Å². The Morgan fingerprint density at radius 1 is 1.03 bits per heavy atom. The summed E-state index contributed by atoms with van der Waals surface area (Å²) in [5, 5.41) is 2.84. The topological polar surface area (TPSA) is 50.8 Å². The summed E-state index contributed by atoms with van der Waals surface area (Å²) >= 11 is 0. The maximum Gasteiger partial charge on any atom is 0.416 e. The fourth-order valence-electron chi connectivity index (χ4n) is 3.28. The van der Waals surface area contributed by atoms with Crippen LogP contribution < -0.4 is 14.8 Å². The number of rotatable bonds is 9. The molecule has 0 saturated carbocycles. The molecule has 1 N–H and O–H groups in total. The molecule has 5 nitrogen and oxygen atoms in total. The molecule has 0 aliphatic rings. The van der Waals surface area contributed by atoms with Gasteiger partial charge in [0.25, 0.3) is 0 Å². The van der Waals surface area contributed by atoms with Gasteiger partial charge in [0.2, 0.25) is 5.91 Å². The first-order valence-corrected chi connectivity index (χ1v) is 9.64. The quantitative estimate of drug-likeness (QED) is 0.648. The Labute approximate surface area is 174 Å². The fourth-order valence-corrected chi connectivity index (χ4v) is 3.28. The first-order valence-electron chi connectivity index (χ1n) is 9.64. The van der Waals surface area contributed by atoms with Crippen molar-refractivity contribution in [3.05, 3.63) is 59.2 Å². The molecule has 0 saturated heterocycles. The molecular weight excluding hydrogens is 397 g/mol. The van der Waals surface area contributed by atoms with Gasteiger partial charge in [-0.2, -0.15) is 13.2 Å². The second-order valence-corrected chi connectivity index (χ2v) is 6.65. The molecular formula is C22H27F3N2O3. The Kier molecular flexibility index (Phi) is 8.11. The maximum absolute atomic E-state index is 13.2. The summed E-state index contributed by atoms with van der Waals surface area (Å²) in [6.07, 6.45) is -4.47. The highest BCUT2D eigenvalue weighted by atomic mass is 19.4. The van der Waals surface area contributed by atoms with Crippen LogP contribution in [-0.2, 0) is 17.5 Å². The zero-order valence-electron chi connectivity index (χ0n) is 17.5. The highest BCUT2D eigenvalue weighted by Gasteiger charge is 2.33. The van der Waals surface area contributed by atoms with Crippen molar-refractivity contribution in [3.8, 4) is 11.5 Å². The Bertz CT molecular complexity index is 852. The number of alkyl halides is 3. The van der Waals surface area contributed by atoms with Crippen molar-refractivity contribution < 1.29 is 27.4 Å². The van der Waals surface area contributed by atoms with Gasteiger partial charge in [-0.3, -0.25) is 9.69 Å². The van der Waals surface area contributed by atoms with E-state index < -0.39 is 17.8 Å². The van der Waals surface area contributed by atoms with Crippen LogP contribution in [0.15, 0.2) is 42.5 Å². The van der Waals surface area contributed by atoms with Crippen molar-refractivity contribution in [1.29, 1.82) is 0 Å². The summed E-state index contributed by atoms with van der Waals surface area (Å²) in [7, 11) is 3.05. The van der Waals surface area contributed by atoms with Crippen LogP contribution in [0.3, 0.4) is 0 Å². The van der Waals surface area contributed by atoms with E-state index in [0.717, 1.165) is 17.7 Å². The maximum atomic E-state index is 13.2. The minimum Gasteiger partial charge on any atom is -0.493 e. The molecule has 30 heavy (non-hydrogen) atoms. The lowest BCUT2D eigenvalue weighted by atomic mass is 10.0. The number of halogens is 3. The molecule has 1 atom stereocenters. The molecule has 2 aromatic carbocycles. The first kappa shape index (κ1) is 23.5. The number of nitrogens with zero attached hydrogens (tertiary/aromatic N) is 1. The summed E-state index contributed by atoms with van der Waals surface area (Å²) in [6, 6.07) is 9.36. The number of likely N-dealkylation sites (N-methyl/N-ethyl adjacent to an activating group) is 1. The Hall–Kier alpha value is -2.74. The van der Waals surface area contributed by atoms with Crippen molar-refractivity contribution >= 4 is 5.91 Å². The summed E-state index contributed by atoms with van der Waals surface area (Å²) in [5.74, 6) is 0.729. The third-order valence-corrected chi connectivity index (χ3v) is 4.87. The summed E-state index contributed by atoms with van der Waals surface area (Å²) < 4.78 is 50.0.